The molecule has 0 bridgehead atoms. The van der Waals surface area contributed by atoms with Crippen LogP contribution in [0.25, 0.3) is 0 Å². The Morgan fingerprint density at radius 3 is 1.64 bits per heavy atom. The summed E-state index contributed by atoms with van der Waals surface area (Å²) in [5.74, 6) is 0. The Labute approximate surface area is 69.1 Å². The van der Waals surface area contributed by atoms with E-state index in [4.69, 9.17) is 9.47 Å². The third kappa shape index (κ3) is 6.28. The first-order valence-corrected chi connectivity index (χ1v) is 3.94. The molecular weight excluding hydrogens is 142 g/mol. The number of nitrogens with one attached hydrogen (secondary N) is 1. The topological polar surface area (TPSA) is 30.5 Å². The number of hydrogen-bond donors (Lipinski definition) is 1. The van der Waals surface area contributed by atoms with Crippen molar-refractivity contribution in [3.05, 3.63) is 0 Å². The molecule has 3 heteroatoms. The molecular formula is C8H19NO2. The molecule has 0 saturated carbocycles. The fourth-order valence-electron chi connectivity index (χ4n) is 1.08. The van der Waals surface area contributed by atoms with E-state index in [1.54, 1.807) is 14.2 Å². The van der Waals surface area contributed by atoms with E-state index >= 15 is 0 Å². The van der Waals surface area contributed by atoms with Crippen LogP contribution in [0.5, 0.6) is 0 Å². The number of methoxy groups -OCH3 is 2. The van der Waals surface area contributed by atoms with Crippen LogP contribution in [0.15, 0.2) is 0 Å². The predicted molar refractivity (Wildman–Crippen MR) is 45.8 cm³/mol. The highest BCUT2D eigenvalue weighted by Gasteiger charge is 2.05. The summed E-state index contributed by atoms with van der Waals surface area (Å²) in [6, 6.07) is 0.787. The number of rotatable bonds is 6. The second kappa shape index (κ2) is 6.58. The highest BCUT2D eigenvalue weighted by Crippen LogP contribution is 1.88. The van der Waals surface area contributed by atoms with E-state index in [2.05, 4.69) is 19.2 Å². The highest BCUT2D eigenvalue weighted by atomic mass is 16.5. The van der Waals surface area contributed by atoms with Crippen LogP contribution in [0.3, 0.4) is 0 Å². The quantitative estimate of drug-likeness (QED) is 0.620. The Morgan fingerprint density at radius 2 is 1.36 bits per heavy atom. The first-order valence-electron chi connectivity index (χ1n) is 3.94. The summed E-state index contributed by atoms with van der Waals surface area (Å²) in [7, 11) is 3.42. The largest absolute Gasteiger partial charge is 0.383 e. The third-order valence-corrected chi connectivity index (χ3v) is 1.40. The van der Waals surface area contributed by atoms with Gasteiger partial charge in [0.1, 0.15) is 0 Å². The molecule has 0 aliphatic heterocycles. The summed E-state index contributed by atoms with van der Waals surface area (Å²) in [6.45, 7) is 5.67. The zero-order valence-corrected chi connectivity index (χ0v) is 7.89. The van der Waals surface area contributed by atoms with Gasteiger partial charge >= 0.3 is 0 Å². The maximum absolute atomic E-state index is 4.98. The lowest BCUT2D eigenvalue weighted by atomic mass is 10.3. The molecule has 0 aromatic rings. The standard InChI is InChI=1S/C8H19NO2/c1-7(5-10-3)9-8(2)6-11-4/h7-9H,5-6H2,1-4H3. The molecule has 1 N–H and O–H groups in total. The molecule has 0 fully saturated rings. The molecule has 68 valence electrons. The Balaban J connectivity index is 3.32. The summed E-state index contributed by atoms with van der Waals surface area (Å²) < 4.78 is 9.96. The zero-order chi connectivity index (χ0) is 8.69. The lowest BCUT2D eigenvalue weighted by Gasteiger charge is -2.18. The van der Waals surface area contributed by atoms with Crippen LogP contribution in [0, 0.1) is 0 Å². The lowest BCUT2D eigenvalue weighted by Crippen LogP contribution is -2.39. The summed E-state index contributed by atoms with van der Waals surface area (Å²) in [5.41, 5.74) is 0. The predicted octanol–water partition coefficient (Wildman–Crippen LogP) is 0.646. The van der Waals surface area contributed by atoms with Gasteiger partial charge in [-0.1, -0.05) is 0 Å². The van der Waals surface area contributed by atoms with Crippen molar-refractivity contribution in [1.82, 2.24) is 5.32 Å². The van der Waals surface area contributed by atoms with Gasteiger partial charge in [-0.05, 0) is 13.8 Å². The van der Waals surface area contributed by atoms with Crippen LogP contribution in [-0.2, 0) is 9.47 Å². The van der Waals surface area contributed by atoms with Crippen molar-refractivity contribution in [3.63, 3.8) is 0 Å². The molecule has 0 aromatic heterocycles. The summed E-state index contributed by atoms with van der Waals surface area (Å²) in [5, 5.41) is 3.33. The maximum atomic E-state index is 4.98. The molecule has 3 nitrogen and oxygen atoms in total. The molecule has 2 unspecified atom stereocenters. The molecule has 0 amide bonds. The van der Waals surface area contributed by atoms with Crippen molar-refractivity contribution in [1.29, 1.82) is 0 Å². The number of ether oxygens (including phenoxy) is 2. The molecule has 0 spiro atoms. The molecule has 0 heterocycles. The Bertz CT molecular complexity index is 78.2. The monoisotopic (exact) mass is 161 g/mol. The van der Waals surface area contributed by atoms with Gasteiger partial charge in [0.2, 0.25) is 0 Å². The van der Waals surface area contributed by atoms with Gasteiger partial charge in [0.15, 0.2) is 0 Å². The molecule has 0 saturated heterocycles. The van der Waals surface area contributed by atoms with E-state index in [1.807, 2.05) is 0 Å². The minimum atomic E-state index is 0.394. The molecule has 0 aromatic carbocycles. The Kier molecular flexibility index (Phi) is 6.51. The second-order valence-electron chi connectivity index (χ2n) is 2.88. The van der Waals surface area contributed by atoms with Gasteiger partial charge in [-0.15, -0.1) is 0 Å². The van der Waals surface area contributed by atoms with Gasteiger partial charge in [-0.25, -0.2) is 0 Å². The van der Waals surface area contributed by atoms with E-state index < -0.39 is 0 Å². The van der Waals surface area contributed by atoms with E-state index in [0.29, 0.717) is 12.1 Å². The molecule has 0 aliphatic carbocycles. The minimum absolute atomic E-state index is 0.394. The van der Waals surface area contributed by atoms with Crippen LogP contribution in [-0.4, -0.2) is 39.5 Å². The molecule has 2 atom stereocenters. The van der Waals surface area contributed by atoms with E-state index in [9.17, 15) is 0 Å². The minimum Gasteiger partial charge on any atom is -0.383 e. The first-order chi connectivity index (χ1) is 5.20. The van der Waals surface area contributed by atoms with Crippen molar-refractivity contribution in [2.75, 3.05) is 27.4 Å². The normalized spacial score (nSPS) is 16.4. The first kappa shape index (κ1) is 10.9. The van der Waals surface area contributed by atoms with Crippen LogP contribution in [0.2, 0.25) is 0 Å². The Hall–Kier alpha value is -0.120. The van der Waals surface area contributed by atoms with Crippen LogP contribution >= 0.6 is 0 Å². The van der Waals surface area contributed by atoms with Gasteiger partial charge in [0.25, 0.3) is 0 Å². The van der Waals surface area contributed by atoms with Crippen LogP contribution in [0.1, 0.15) is 13.8 Å². The van der Waals surface area contributed by atoms with Crippen molar-refractivity contribution < 1.29 is 9.47 Å². The van der Waals surface area contributed by atoms with Gasteiger partial charge < -0.3 is 14.8 Å². The summed E-state index contributed by atoms with van der Waals surface area (Å²) in [4.78, 5) is 0. The average molecular weight is 161 g/mol. The molecule has 0 aliphatic rings. The fourth-order valence-corrected chi connectivity index (χ4v) is 1.08. The lowest BCUT2D eigenvalue weighted by molar-refractivity contribution is 0.139. The smallest absolute Gasteiger partial charge is 0.0613 e. The summed E-state index contributed by atoms with van der Waals surface area (Å²) in [6.07, 6.45) is 0. The van der Waals surface area contributed by atoms with Crippen molar-refractivity contribution >= 4 is 0 Å². The zero-order valence-electron chi connectivity index (χ0n) is 7.89. The van der Waals surface area contributed by atoms with Gasteiger partial charge in [0.05, 0.1) is 13.2 Å². The molecule has 11 heavy (non-hydrogen) atoms. The van der Waals surface area contributed by atoms with E-state index in [-0.39, 0.29) is 0 Å². The van der Waals surface area contributed by atoms with Crippen LogP contribution < -0.4 is 5.32 Å². The van der Waals surface area contributed by atoms with E-state index in [1.165, 1.54) is 0 Å². The third-order valence-electron chi connectivity index (χ3n) is 1.40. The summed E-state index contributed by atoms with van der Waals surface area (Å²) >= 11 is 0. The van der Waals surface area contributed by atoms with Crippen molar-refractivity contribution in [3.8, 4) is 0 Å². The highest BCUT2D eigenvalue weighted by molar-refractivity contribution is 4.65. The average Bonchev–Trinajstić information content (AvgIpc) is 1.87. The SMILES string of the molecule is COCC(C)NC(C)COC. The van der Waals surface area contributed by atoms with E-state index in [0.717, 1.165) is 13.2 Å². The Morgan fingerprint density at radius 1 is 1.00 bits per heavy atom. The second-order valence-corrected chi connectivity index (χ2v) is 2.88. The number of hydrogen-bond acceptors (Lipinski definition) is 3. The molecule has 0 radical (unpaired) electrons. The van der Waals surface area contributed by atoms with Crippen molar-refractivity contribution in [2.24, 2.45) is 0 Å². The van der Waals surface area contributed by atoms with Gasteiger partial charge in [0, 0.05) is 26.3 Å². The van der Waals surface area contributed by atoms with Crippen LogP contribution in [0.4, 0.5) is 0 Å². The van der Waals surface area contributed by atoms with Gasteiger partial charge in [-0.2, -0.15) is 0 Å². The fraction of sp³-hybridized carbons (Fsp3) is 1.00. The van der Waals surface area contributed by atoms with Gasteiger partial charge in [-0.3, -0.25) is 0 Å². The molecule has 0 rings (SSSR count). The van der Waals surface area contributed by atoms with Crippen molar-refractivity contribution in [2.45, 2.75) is 25.9 Å². The maximum Gasteiger partial charge on any atom is 0.0613 e.